The first-order valence-corrected chi connectivity index (χ1v) is 4.36. The lowest BCUT2D eigenvalue weighted by Gasteiger charge is -2.03. The Morgan fingerprint density at radius 2 is 2.15 bits per heavy atom. The fourth-order valence-electron chi connectivity index (χ4n) is 1.29. The topological polar surface area (TPSA) is 38.9 Å². The number of fused-ring (bicyclic) bond motifs is 1. The van der Waals surface area contributed by atoms with Gasteiger partial charge in [0.2, 0.25) is 0 Å². The average Bonchev–Trinajstić information content (AvgIpc) is 2.12. The Labute approximate surface area is 81.3 Å². The molecule has 2 aromatic rings. The maximum Gasteiger partial charge on any atom is 0.0745 e. The Bertz CT molecular complexity index is 466. The van der Waals surface area contributed by atoms with Crippen LogP contribution in [0.2, 0.25) is 5.02 Å². The van der Waals surface area contributed by atoms with E-state index in [1.54, 1.807) is 6.20 Å². The standard InChI is InChI=1S/C10H9ClN2/c1-6-2-3-7-9(4-6)13-5-8(12)10(7)11/h2-5H,12H2,1H3. The summed E-state index contributed by atoms with van der Waals surface area (Å²) in [6.45, 7) is 2.02. The van der Waals surface area contributed by atoms with Crippen molar-refractivity contribution in [3.05, 3.63) is 35.0 Å². The molecule has 0 radical (unpaired) electrons. The number of benzene rings is 1. The van der Waals surface area contributed by atoms with E-state index in [0.717, 1.165) is 10.9 Å². The highest BCUT2D eigenvalue weighted by Gasteiger charge is 2.03. The minimum Gasteiger partial charge on any atom is -0.396 e. The van der Waals surface area contributed by atoms with Gasteiger partial charge in [-0.2, -0.15) is 0 Å². The van der Waals surface area contributed by atoms with E-state index in [1.807, 2.05) is 25.1 Å². The molecule has 3 heteroatoms. The van der Waals surface area contributed by atoms with E-state index in [-0.39, 0.29) is 0 Å². The van der Waals surface area contributed by atoms with Crippen LogP contribution >= 0.6 is 11.6 Å². The summed E-state index contributed by atoms with van der Waals surface area (Å²) >= 11 is 6.01. The first kappa shape index (κ1) is 8.32. The summed E-state index contributed by atoms with van der Waals surface area (Å²) in [6.07, 6.45) is 1.59. The summed E-state index contributed by atoms with van der Waals surface area (Å²) in [6, 6.07) is 5.92. The summed E-state index contributed by atoms with van der Waals surface area (Å²) in [5.74, 6) is 0. The maximum absolute atomic E-state index is 6.01. The molecule has 0 aliphatic rings. The number of anilines is 1. The second kappa shape index (κ2) is 2.89. The smallest absolute Gasteiger partial charge is 0.0745 e. The van der Waals surface area contributed by atoms with Crippen molar-refractivity contribution < 1.29 is 0 Å². The average molecular weight is 193 g/mol. The van der Waals surface area contributed by atoms with Gasteiger partial charge in [0, 0.05) is 5.39 Å². The predicted molar refractivity (Wildman–Crippen MR) is 55.9 cm³/mol. The minimum atomic E-state index is 0.526. The third-order valence-corrected chi connectivity index (χ3v) is 2.41. The second-order valence-electron chi connectivity index (χ2n) is 3.05. The molecule has 0 saturated carbocycles. The number of hydrogen-bond acceptors (Lipinski definition) is 2. The van der Waals surface area contributed by atoms with Gasteiger partial charge in [-0.1, -0.05) is 23.7 Å². The molecule has 0 aliphatic heterocycles. The molecular weight excluding hydrogens is 184 g/mol. The van der Waals surface area contributed by atoms with Crippen LogP contribution in [0.25, 0.3) is 10.9 Å². The van der Waals surface area contributed by atoms with Gasteiger partial charge < -0.3 is 5.73 Å². The Morgan fingerprint density at radius 1 is 1.38 bits per heavy atom. The van der Waals surface area contributed by atoms with Crippen LogP contribution in [0.15, 0.2) is 24.4 Å². The van der Waals surface area contributed by atoms with Gasteiger partial charge in [-0.3, -0.25) is 4.98 Å². The van der Waals surface area contributed by atoms with Crippen molar-refractivity contribution in [3.8, 4) is 0 Å². The van der Waals surface area contributed by atoms with Crippen LogP contribution < -0.4 is 5.73 Å². The van der Waals surface area contributed by atoms with Gasteiger partial charge >= 0.3 is 0 Å². The number of aryl methyl sites for hydroxylation is 1. The molecule has 2 N–H and O–H groups in total. The van der Waals surface area contributed by atoms with E-state index in [2.05, 4.69) is 4.98 Å². The van der Waals surface area contributed by atoms with Crippen molar-refractivity contribution in [2.45, 2.75) is 6.92 Å². The van der Waals surface area contributed by atoms with Crippen LogP contribution in [0.1, 0.15) is 5.56 Å². The molecule has 0 spiro atoms. The van der Waals surface area contributed by atoms with Crippen molar-refractivity contribution in [1.29, 1.82) is 0 Å². The SMILES string of the molecule is Cc1ccc2c(Cl)c(N)cnc2c1. The molecule has 13 heavy (non-hydrogen) atoms. The third-order valence-electron chi connectivity index (χ3n) is 1.99. The van der Waals surface area contributed by atoms with Crippen molar-refractivity contribution >= 4 is 28.2 Å². The predicted octanol–water partition coefficient (Wildman–Crippen LogP) is 2.78. The number of nitrogens with zero attached hydrogens (tertiary/aromatic N) is 1. The Hall–Kier alpha value is -1.28. The molecule has 0 saturated heterocycles. The zero-order valence-electron chi connectivity index (χ0n) is 7.21. The van der Waals surface area contributed by atoms with Gasteiger partial charge in [0.1, 0.15) is 0 Å². The number of aromatic nitrogens is 1. The van der Waals surface area contributed by atoms with Crippen LogP contribution in [0.3, 0.4) is 0 Å². The highest BCUT2D eigenvalue weighted by atomic mass is 35.5. The van der Waals surface area contributed by atoms with E-state index in [9.17, 15) is 0 Å². The van der Waals surface area contributed by atoms with Crippen LogP contribution in [-0.2, 0) is 0 Å². The molecule has 1 heterocycles. The Balaban J connectivity index is 2.87. The highest BCUT2D eigenvalue weighted by Crippen LogP contribution is 2.27. The lowest BCUT2D eigenvalue weighted by atomic mass is 10.1. The van der Waals surface area contributed by atoms with E-state index >= 15 is 0 Å². The van der Waals surface area contributed by atoms with E-state index in [4.69, 9.17) is 17.3 Å². The number of nitrogen functional groups attached to an aromatic ring is 1. The van der Waals surface area contributed by atoms with Gasteiger partial charge in [-0.05, 0) is 18.6 Å². The molecule has 0 fully saturated rings. The molecule has 0 bridgehead atoms. The Morgan fingerprint density at radius 3 is 2.92 bits per heavy atom. The second-order valence-corrected chi connectivity index (χ2v) is 3.43. The molecule has 2 rings (SSSR count). The summed E-state index contributed by atoms with van der Waals surface area (Å²) in [5, 5.41) is 1.50. The van der Waals surface area contributed by atoms with Gasteiger partial charge in [-0.25, -0.2) is 0 Å². The van der Waals surface area contributed by atoms with Gasteiger partial charge in [0.05, 0.1) is 22.4 Å². The third kappa shape index (κ3) is 1.33. The number of rotatable bonds is 0. The molecular formula is C10H9ClN2. The molecule has 0 unspecified atom stereocenters. The lowest BCUT2D eigenvalue weighted by Crippen LogP contribution is -1.89. The quantitative estimate of drug-likeness (QED) is 0.697. The minimum absolute atomic E-state index is 0.526. The molecule has 0 amide bonds. The van der Waals surface area contributed by atoms with Gasteiger partial charge in [-0.15, -0.1) is 0 Å². The summed E-state index contributed by atoms with van der Waals surface area (Å²) in [7, 11) is 0. The normalized spacial score (nSPS) is 10.6. The number of hydrogen-bond donors (Lipinski definition) is 1. The van der Waals surface area contributed by atoms with E-state index in [1.165, 1.54) is 5.56 Å². The van der Waals surface area contributed by atoms with E-state index in [0.29, 0.717) is 10.7 Å². The van der Waals surface area contributed by atoms with Crippen molar-refractivity contribution in [2.24, 2.45) is 0 Å². The molecule has 1 aromatic carbocycles. The summed E-state index contributed by atoms with van der Waals surface area (Å²) in [5.41, 5.74) is 8.21. The summed E-state index contributed by atoms with van der Waals surface area (Å²) < 4.78 is 0. The molecule has 0 aliphatic carbocycles. The van der Waals surface area contributed by atoms with E-state index < -0.39 is 0 Å². The van der Waals surface area contributed by atoms with Gasteiger partial charge in [0.25, 0.3) is 0 Å². The van der Waals surface area contributed by atoms with Crippen LogP contribution in [0.5, 0.6) is 0 Å². The lowest BCUT2D eigenvalue weighted by molar-refractivity contribution is 1.39. The van der Waals surface area contributed by atoms with Crippen LogP contribution in [0, 0.1) is 6.92 Å². The molecule has 0 atom stereocenters. The monoisotopic (exact) mass is 192 g/mol. The van der Waals surface area contributed by atoms with Crippen molar-refractivity contribution in [1.82, 2.24) is 4.98 Å². The van der Waals surface area contributed by atoms with Crippen molar-refractivity contribution in [3.63, 3.8) is 0 Å². The first-order valence-electron chi connectivity index (χ1n) is 3.99. The summed E-state index contributed by atoms with van der Waals surface area (Å²) in [4.78, 5) is 4.19. The largest absolute Gasteiger partial charge is 0.396 e. The fourth-order valence-corrected chi connectivity index (χ4v) is 1.49. The molecule has 66 valence electrons. The molecule has 2 nitrogen and oxygen atoms in total. The molecule has 1 aromatic heterocycles. The fraction of sp³-hybridized carbons (Fsp3) is 0.100. The zero-order valence-corrected chi connectivity index (χ0v) is 7.97. The first-order chi connectivity index (χ1) is 6.18. The maximum atomic E-state index is 6.01. The Kier molecular flexibility index (Phi) is 1.85. The highest BCUT2D eigenvalue weighted by molar-refractivity contribution is 6.37. The number of halogens is 1. The number of nitrogens with two attached hydrogens (primary N) is 1. The number of pyridine rings is 1. The van der Waals surface area contributed by atoms with Crippen LogP contribution in [-0.4, -0.2) is 4.98 Å². The van der Waals surface area contributed by atoms with Gasteiger partial charge in [0.15, 0.2) is 0 Å². The zero-order chi connectivity index (χ0) is 9.42. The van der Waals surface area contributed by atoms with Crippen molar-refractivity contribution in [2.75, 3.05) is 5.73 Å². The van der Waals surface area contributed by atoms with Crippen LogP contribution in [0.4, 0.5) is 5.69 Å².